The Bertz CT molecular complexity index is 663. The molecule has 1 heterocycles. The fourth-order valence-corrected chi connectivity index (χ4v) is 5.23. The van der Waals surface area contributed by atoms with Crippen molar-refractivity contribution in [1.82, 2.24) is 4.90 Å². The van der Waals surface area contributed by atoms with E-state index >= 15 is 0 Å². The molecule has 0 atom stereocenters. The monoisotopic (exact) mass is 371 g/mol. The number of amides is 1. The molecule has 3 aliphatic carbocycles. The van der Waals surface area contributed by atoms with Gasteiger partial charge in [0.1, 0.15) is 6.61 Å². The Labute approximate surface area is 161 Å². The van der Waals surface area contributed by atoms with Gasteiger partial charge in [0.05, 0.1) is 13.2 Å². The van der Waals surface area contributed by atoms with Crippen LogP contribution < -0.4 is 0 Å². The predicted molar refractivity (Wildman–Crippen MR) is 100 cm³/mol. The number of carbonyl (C=O) groups excluding carboxylic acids is 1. The first-order valence-electron chi connectivity index (χ1n) is 10.4. The molecule has 5 rings (SSSR count). The first-order valence-corrected chi connectivity index (χ1v) is 10.4. The van der Waals surface area contributed by atoms with E-state index in [1.54, 1.807) is 0 Å². The normalized spacial score (nSPS) is 26.1. The first kappa shape index (κ1) is 17.5. The van der Waals surface area contributed by atoms with Gasteiger partial charge < -0.3 is 19.1 Å². The van der Waals surface area contributed by atoms with Crippen LogP contribution in [0.15, 0.2) is 30.3 Å². The van der Waals surface area contributed by atoms with Crippen LogP contribution in [-0.2, 0) is 20.8 Å². The Balaban J connectivity index is 1.16. The summed E-state index contributed by atoms with van der Waals surface area (Å²) in [7, 11) is 0. The second-order valence-electron chi connectivity index (χ2n) is 8.85. The number of hydrogen-bond donors (Lipinski definition) is 0. The third-order valence-electron chi connectivity index (χ3n) is 6.97. The van der Waals surface area contributed by atoms with E-state index in [2.05, 4.69) is 4.90 Å². The van der Waals surface area contributed by atoms with Crippen LogP contribution in [0.5, 0.6) is 0 Å². The minimum absolute atomic E-state index is 0.129. The molecular formula is C22H29NO4. The van der Waals surface area contributed by atoms with Gasteiger partial charge in [0.15, 0.2) is 5.79 Å². The number of nitrogens with zero attached hydrogens (tertiary/aromatic N) is 1. The van der Waals surface area contributed by atoms with Gasteiger partial charge in [-0.3, -0.25) is 0 Å². The molecule has 5 heteroatoms. The van der Waals surface area contributed by atoms with Crippen LogP contribution >= 0.6 is 0 Å². The molecule has 1 amide bonds. The van der Waals surface area contributed by atoms with Gasteiger partial charge in [-0.25, -0.2) is 4.79 Å². The fraction of sp³-hybridized carbons (Fsp3) is 0.682. The zero-order valence-electron chi connectivity index (χ0n) is 15.9. The average Bonchev–Trinajstić information content (AvgIpc) is 3.40. The summed E-state index contributed by atoms with van der Waals surface area (Å²) >= 11 is 0. The molecule has 1 aliphatic heterocycles. The third kappa shape index (κ3) is 3.47. The van der Waals surface area contributed by atoms with Gasteiger partial charge in [-0.05, 0) is 49.5 Å². The van der Waals surface area contributed by atoms with Crippen molar-refractivity contribution in [1.29, 1.82) is 0 Å². The minimum atomic E-state index is -0.291. The molecule has 0 radical (unpaired) electrons. The van der Waals surface area contributed by atoms with Crippen LogP contribution in [0.2, 0.25) is 0 Å². The van der Waals surface area contributed by atoms with Gasteiger partial charge in [0.25, 0.3) is 0 Å². The smallest absolute Gasteiger partial charge is 0.410 e. The molecule has 0 N–H and O–H groups in total. The third-order valence-corrected chi connectivity index (χ3v) is 6.97. The zero-order chi connectivity index (χ0) is 18.3. The molecule has 27 heavy (non-hydrogen) atoms. The molecule has 3 saturated carbocycles. The lowest BCUT2D eigenvalue weighted by Crippen LogP contribution is -2.56. The molecule has 1 aromatic rings. The Kier molecular flexibility index (Phi) is 4.40. The molecule has 5 nitrogen and oxygen atoms in total. The topological polar surface area (TPSA) is 48.0 Å². The van der Waals surface area contributed by atoms with Crippen molar-refractivity contribution >= 4 is 6.09 Å². The standard InChI is InChI=1S/C22H29NO4/c24-20(25-16-17-4-2-1-3-5-17)23(18-6-7-18)19-14-21(15-19)8-10-22(11-9-21)26-12-13-27-22/h1-5,18-19H,6-16H2. The summed E-state index contributed by atoms with van der Waals surface area (Å²) in [5.41, 5.74) is 1.43. The molecule has 0 unspecified atom stereocenters. The summed E-state index contributed by atoms with van der Waals surface area (Å²) in [6.07, 6.45) is 8.64. The summed E-state index contributed by atoms with van der Waals surface area (Å²) in [5.74, 6) is -0.291. The number of hydrogen-bond acceptors (Lipinski definition) is 4. The van der Waals surface area contributed by atoms with Crippen LogP contribution in [0.1, 0.15) is 56.9 Å². The molecular weight excluding hydrogens is 342 g/mol. The second-order valence-corrected chi connectivity index (χ2v) is 8.85. The Hall–Kier alpha value is -1.59. The van der Waals surface area contributed by atoms with Gasteiger partial charge in [-0.2, -0.15) is 0 Å². The van der Waals surface area contributed by atoms with Crippen molar-refractivity contribution in [2.24, 2.45) is 5.41 Å². The Morgan fingerprint density at radius 1 is 1.00 bits per heavy atom. The van der Waals surface area contributed by atoms with Gasteiger partial charge in [0.2, 0.25) is 0 Å². The lowest BCUT2D eigenvalue weighted by Gasteiger charge is -2.55. The zero-order valence-corrected chi connectivity index (χ0v) is 15.9. The molecule has 1 aromatic carbocycles. The number of benzene rings is 1. The van der Waals surface area contributed by atoms with Gasteiger partial charge >= 0.3 is 6.09 Å². The summed E-state index contributed by atoms with van der Waals surface area (Å²) in [4.78, 5) is 14.8. The largest absolute Gasteiger partial charge is 0.445 e. The van der Waals surface area contributed by atoms with E-state index in [0.717, 1.165) is 70.1 Å². The Morgan fingerprint density at radius 3 is 2.30 bits per heavy atom. The minimum Gasteiger partial charge on any atom is -0.445 e. The van der Waals surface area contributed by atoms with Crippen molar-refractivity contribution in [2.75, 3.05) is 13.2 Å². The lowest BCUT2D eigenvalue weighted by atomic mass is 9.57. The molecule has 0 bridgehead atoms. The van der Waals surface area contributed by atoms with E-state index in [9.17, 15) is 4.79 Å². The first-order chi connectivity index (χ1) is 13.2. The molecule has 1 saturated heterocycles. The van der Waals surface area contributed by atoms with Crippen LogP contribution in [0.3, 0.4) is 0 Å². The summed E-state index contributed by atoms with van der Waals surface area (Å²) in [6, 6.07) is 10.7. The number of carbonyl (C=O) groups is 1. The van der Waals surface area contributed by atoms with Gasteiger partial charge in [0, 0.05) is 24.9 Å². The summed E-state index contributed by atoms with van der Waals surface area (Å²) in [5, 5.41) is 0. The SMILES string of the molecule is O=C(OCc1ccccc1)N(C1CC1)C1CC2(CCC3(CC2)OCCO3)C1. The fourth-order valence-electron chi connectivity index (χ4n) is 5.23. The predicted octanol–water partition coefficient (Wildman–Crippen LogP) is 4.25. The maximum atomic E-state index is 12.8. The second kappa shape index (κ2) is 6.78. The van der Waals surface area contributed by atoms with Crippen molar-refractivity contribution in [3.8, 4) is 0 Å². The molecule has 2 spiro atoms. The van der Waals surface area contributed by atoms with E-state index < -0.39 is 0 Å². The van der Waals surface area contributed by atoms with Crippen LogP contribution in [0.25, 0.3) is 0 Å². The van der Waals surface area contributed by atoms with E-state index in [1.807, 2.05) is 30.3 Å². The van der Waals surface area contributed by atoms with Gasteiger partial charge in [-0.15, -0.1) is 0 Å². The molecule has 0 aromatic heterocycles. The molecule has 146 valence electrons. The molecule has 4 fully saturated rings. The Morgan fingerprint density at radius 2 is 1.67 bits per heavy atom. The van der Waals surface area contributed by atoms with Crippen LogP contribution in [-0.4, -0.2) is 42.1 Å². The van der Waals surface area contributed by atoms with E-state index in [-0.39, 0.29) is 11.9 Å². The van der Waals surface area contributed by atoms with E-state index in [1.165, 1.54) is 0 Å². The van der Waals surface area contributed by atoms with E-state index in [0.29, 0.717) is 24.1 Å². The highest BCUT2D eigenvalue weighted by Gasteiger charge is 2.55. The van der Waals surface area contributed by atoms with Crippen LogP contribution in [0, 0.1) is 5.41 Å². The summed E-state index contributed by atoms with van der Waals surface area (Å²) < 4.78 is 17.4. The van der Waals surface area contributed by atoms with Crippen molar-refractivity contribution in [2.45, 2.75) is 75.8 Å². The highest BCUT2D eigenvalue weighted by molar-refractivity contribution is 5.69. The van der Waals surface area contributed by atoms with Gasteiger partial charge in [-0.1, -0.05) is 30.3 Å². The molecule has 4 aliphatic rings. The maximum Gasteiger partial charge on any atom is 0.410 e. The van der Waals surface area contributed by atoms with Crippen molar-refractivity contribution in [3.63, 3.8) is 0 Å². The van der Waals surface area contributed by atoms with Crippen LogP contribution in [0.4, 0.5) is 4.79 Å². The summed E-state index contributed by atoms with van der Waals surface area (Å²) in [6.45, 7) is 1.83. The van der Waals surface area contributed by atoms with Crippen molar-refractivity contribution < 1.29 is 19.0 Å². The van der Waals surface area contributed by atoms with Crippen molar-refractivity contribution in [3.05, 3.63) is 35.9 Å². The average molecular weight is 371 g/mol. The van der Waals surface area contributed by atoms with E-state index in [4.69, 9.17) is 14.2 Å². The number of rotatable bonds is 4. The maximum absolute atomic E-state index is 12.8. The quantitative estimate of drug-likeness (QED) is 0.794. The lowest BCUT2D eigenvalue weighted by molar-refractivity contribution is -0.203. The highest BCUT2D eigenvalue weighted by atomic mass is 16.7. The highest BCUT2D eigenvalue weighted by Crippen LogP contribution is 2.57. The number of ether oxygens (including phenoxy) is 3.